The molecular weight excluding hydrogens is 246 g/mol. The third kappa shape index (κ3) is 4.04. The highest BCUT2D eigenvalue weighted by Gasteiger charge is 2.15. The van der Waals surface area contributed by atoms with Crippen LogP contribution in [0.2, 0.25) is 0 Å². The largest absolute Gasteiger partial charge is 0.488 e. The van der Waals surface area contributed by atoms with E-state index < -0.39 is 13.1 Å². The minimum absolute atomic E-state index is 0. The molecule has 0 aliphatic carbocycles. The van der Waals surface area contributed by atoms with Crippen molar-refractivity contribution in [1.29, 1.82) is 0 Å². The Labute approximate surface area is 104 Å². The minimum Gasteiger partial charge on any atom is -0.423 e. The average Bonchev–Trinajstić information content (AvgIpc) is 2.28. The van der Waals surface area contributed by atoms with Crippen molar-refractivity contribution in [1.82, 2.24) is 0 Å². The Morgan fingerprint density at radius 2 is 2.12 bits per heavy atom. The summed E-state index contributed by atoms with van der Waals surface area (Å²) in [7, 11) is -1.62. The van der Waals surface area contributed by atoms with Gasteiger partial charge in [-0.25, -0.2) is 15.6 Å². The maximum absolute atomic E-state index is 11.2. The minimum atomic E-state index is -1.62. The second-order valence-electron chi connectivity index (χ2n) is 2.90. The molecule has 92 valence electrons. The molecule has 1 aromatic rings. The molecule has 0 heterocycles. The van der Waals surface area contributed by atoms with E-state index in [1.54, 1.807) is 0 Å². The third-order valence-corrected chi connectivity index (χ3v) is 1.84. The highest BCUT2D eigenvalue weighted by atomic mass is 35.5. The van der Waals surface area contributed by atoms with Gasteiger partial charge in [0, 0.05) is 0 Å². The van der Waals surface area contributed by atoms with Gasteiger partial charge in [-0.15, -0.1) is 12.4 Å². The Kier molecular flexibility index (Phi) is 6.22. The van der Waals surface area contributed by atoms with Gasteiger partial charge in [0.2, 0.25) is 0 Å². The number of hydrogen-bond acceptors (Lipinski definition) is 4. The lowest BCUT2D eigenvalue weighted by Crippen LogP contribution is -2.37. The van der Waals surface area contributed by atoms with Gasteiger partial charge < -0.3 is 15.8 Å². The predicted octanol–water partition coefficient (Wildman–Crippen LogP) is -1.42. The summed E-state index contributed by atoms with van der Waals surface area (Å²) in [4.78, 5) is 14.5. The Morgan fingerprint density at radius 1 is 1.47 bits per heavy atom. The molecule has 2 amide bonds. The van der Waals surface area contributed by atoms with Crippen molar-refractivity contribution in [2.45, 2.75) is 0 Å². The van der Waals surface area contributed by atoms with E-state index in [0.717, 1.165) is 11.3 Å². The summed E-state index contributed by atoms with van der Waals surface area (Å²) in [6, 6.07) is 5.14. The van der Waals surface area contributed by atoms with E-state index in [4.69, 9.17) is 21.6 Å². The first-order chi connectivity index (χ1) is 7.56. The average molecular weight is 258 g/mol. The molecule has 0 aliphatic heterocycles. The number of hydrogen-bond donors (Lipinski definition) is 4. The van der Waals surface area contributed by atoms with Crippen molar-refractivity contribution in [3.8, 4) is 0 Å². The van der Waals surface area contributed by atoms with Crippen LogP contribution in [-0.4, -0.2) is 29.5 Å². The van der Waals surface area contributed by atoms with Crippen LogP contribution >= 0.6 is 12.4 Å². The third-order valence-electron chi connectivity index (χ3n) is 1.84. The molecule has 0 unspecified atom stereocenters. The molecule has 0 fully saturated rings. The van der Waals surface area contributed by atoms with Crippen molar-refractivity contribution in [3.05, 3.63) is 24.3 Å². The van der Waals surface area contributed by atoms with Crippen molar-refractivity contribution in [2.75, 3.05) is 5.01 Å². The van der Waals surface area contributed by atoms with Gasteiger partial charge in [0.1, 0.15) is 0 Å². The number of carbonyl (C=O) groups excluding carboxylic acids is 1. The number of anilines is 1. The van der Waals surface area contributed by atoms with Crippen LogP contribution in [0.25, 0.3) is 0 Å². The number of hydrazine groups is 1. The first-order valence-corrected chi connectivity index (χ1v) is 4.35. The van der Waals surface area contributed by atoms with Crippen molar-refractivity contribution in [2.24, 2.45) is 16.6 Å². The molecule has 0 saturated carbocycles. The van der Waals surface area contributed by atoms with Gasteiger partial charge in [0.15, 0.2) is 0 Å². The van der Waals surface area contributed by atoms with Crippen LogP contribution in [0.1, 0.15) is 0 Å². The summed E-state index contributed by atoms with van der Waals surface area (Å²) >= 11 is 0. The topological polar surface area (TPSA) is 125 Å². The van der Waals surface area contributed by atoms with E-state index in [9.17, 15) is 4.79 Å². The van der Waals surface area contributed by atoms with Crippen LogP contribution in [0, 0.1) is 0 Å². The van der Waals surface area contributed by atoms with E-state index in [0.29, 0.717) is 0 Å². The molecule has 9 heteroatoms. The lowest BCUT2D eigenvalue weighted by molar-refractivity contribution is 0.254. The second-order valence-corrected chi connectivity index (χ2v) is 2.90. The molecule has 17 heavy (non-hydrogen) atoms. The number of rotatable bonds is 2. The Hall–Kier alpha value is -1.61. The van der Waals surface area contributed by atoms with E-state index in [-0.39, 0.29) is 23.6 Å². The van der Waals surface area contributed by atoms with Crippen LogP contribution in [0.3, 0.4) is 0 Å². The summed E-state index contributed by atoms with van der Waals surface area (Å²) in [5, 5.41) is 18.6. The first kappa shape index (κ1) is 15.4. The summed E-state index contributed by atoms with van der Waals surface area (Å²) in [5.74, 6) is 5.44. The lowest BCUT2D eigenvalue weighted by atomic mass is 9.80. The molecule has 0 bridgehead atoms. The number of halogens is 1. The zero-order valence-corrected chi connectivity index (χ0v) is 9.54. The number of nitrogens with zero attached hydrogens (tertiary/aromatic N) is 2. The van der Waals surface area contributed by atoms with Crippen LogP contribution in [0.15, 0.2) is 29.3 Å². The second kappa shape index (κ2) is 6.87. The van der Waals surface area contributed by atoms with Gasteiger partial charge in [-0.05, 0) is 17.6 Å². The molecule has 0 saturated heterocycles. The fourth-order valence-electron chi connectivity index (χ4n) is 1.07. The summed E-state index contributed by atoms with van der Waals surface area (Å²) in [6.45, 7) is 0. The van der Waals surface area contributed by atoms with Crippen molar-refractivity contribution in [3.63, 3.8) is 0 Å². The number of amides is 2. The summed E-state index contributed by atoms with van der Waals surface area (Å²) < 4.78 is 0. The Balaban J connectivity index is 0.00000256. The van der Waals surface area contributed by atoms with Crippen molar-refractivity contribution >= 4 is 43.0 Å². The highest BCUT2D eigenvalue weighted by molar-refractivity contribution is 6.58. The maximum atomic E-state index is 11.2. The van der Waals surface area contributed by atoms with Crippen LogP contribution in [0.4, 0.5) is 10.5 Å². The van der Waals surface area contributed by atoms with Crippen LogP contribution < -0.4 is 22.0 Å². The number of urea groups is 1. The SMILES string of the molecule is Cl.N/C=N/C(=O)N(N)c1cccc(B(O)O)c1. The number of aliphatic imine (C=N–C) groups is 1. The first-order valence-electron chi connectivity index (χ1n) is 4.35. The van der Waals surface area contributed by atoms with E-state index in [2.05, 4.69) is 4.99 Å². The number of benzene rings is 1. The zero-order valence-electron chi connectivity index (χ0n) is 8.72. The molecule has 1 aromatic carbocycles. The van der Waals surface area contributed by atoms with E-state index in [1.165, 1.54) is 24.3 Å². The summed E-state index contributed by atoms with van der Waals surface area (Å²) in [6.07, 6.45) is 0.826. The quantitative estimate of drug-likeness (QED) is 0.129. The molecule has 0 radical (unpaired) electrons. The molecule has 6 N–H and O–H groups in total. The molecule has 7 nitrogen and oxygen atoms in total. The molecule has 1 rings (SSSR count). The maximum Gasteiger partial charge on any atom is 0.488 e. The zero-order chi connectivity index (χ0) is 12.1. The van der Waals surface area contributed by atoms with Gasteiger partial charge in [-0.1, -0.05) is 12.1 Å². The van der Waals surface area contributed by atoms with Crippen LogP contribution in [-0.2, 0) is 0 Å². The predicted molar refractivity (Wildman–Crippen MR) is 68.3 cm³/mol. The fraction of sp³-hybridized carbons (Fsp3) is 0. The normalized spacial score (nSPS) is 9.82. The molecule has 0 aromatic heterocycles. The number of carbonyl (C=O) groups is 1. The van der Waals surface area contributed by atoms with Gasteiger partial charge in [0.25, 0.3) is 0 Å². The molecular formula is C8H12BClN4O3. The van der Waals surface area contributed by atoms with E-state index in [1.807, 2.05) is 0 Å². The monoisotopic (exact) mass is 258 g/mol. The standard InChI is InChI=1S/C8H11BN4O3.ClH/c10-5-12-8(14)13(11)7-3-1-2-6(4-7)9(15)16;/h1-5,15-16H,11H2,(H2,10,12,14);1H. The highest BCUT2D eigenvalue weighted by Crippen LogP contribution is 2.09. The Bertz CT molecular complexity index is 416. The summed E-state index contributed by atoms with van der Waals surface area (Å²) in [5.41, 5.74) is 5.45. The van der Waals surface area contributed by atoms with Crippen LogP contribution in [0.5, 0.6) is 0 Å². The van der Waals surface area contributed by atoms with Gasteiger partial charge in [0.05, 0.1) is 12.0 Å². The van der Waals surface area contributed by atoms with Gasteiger partial charge in [-0.2, -0.15) is 4.99 Å². The van der Waals surface area contributed by atoms with Gasteiger partial charge in [-0.3, -0.25) is 0 Å². The Morgan fingerprint density at radius 3 is 2.65 bits per heavy atom. The fourth-order valence-corrected chi connectivity index (χ4v) is 1.07. The van der Waals surface area contributed by atoms with E-state index >= 15 is 0 Å². The molecule has 0 spiro atoms. The van der Waals surface area contributed by atoms with Crippen molar-refractivity contribution < 1.29 is 14.8 Å². The smallest absolute Gasteiger partial charge is 0.423 e. The number of nitrogens with two attached hydrogens (primary N) is 2. The molecule has 0 atom stereocenters. The molecule has 0 aliphatic rings. The van der Waals surface area contributed by atoms with Gasteiger partial charge >= 0.3 is 13.1 Å². The lowest BCUT2D eigenvalue weighted by Gasteiger charge is -2.14.